The maximum Gasteiger partial charge on any atom is 0.252 e. The average molecular weight is 243 g/mol. The van der Waals surface area contributed by atoms with Gasteiger partial charge in [-0.3, -0.25) is 4.79 Å². The van der Waals surface area contributed by atoms with Crippen LogP contribution in [0.5, 0.6) is 5.75 Å². The van der Waals surface area contributed by atoms with Crippen LogP contribution in [0.1, 0.15) is 20.3 Å². The van der Waals surface area contributed by atoms with Gasteiger partial charge in [0.2, 0.25) is 0 Å². The van der Waals surface area contributed by atoms with Crippen molar-refractivity contribution in [3.8, 4) is 5.75 Å². The summed E-state index contributed by atoms with van der Waals surface area (Å²) in [4.78, 5) is 14.3. The van der Waals surface area contributed by atoms with Gasteiger partial charge >= 0.3 is 0 Å². The third-order valence-electron chi connectivity index (χ3n) is 2.64. The molecule has 0 saturated carbocycles. The molecule has 0 radical (unpaired) electrons. The van der Waals surface area contributed by atoms with Crippen LogP contribution in [0.15, 0.2) is 46.8 Å². The highest BCUT2D eigenvalue weighted by Gasteiger charge is 2.03. The van der Waals surface area contributed by atoms with Crippen molar-refractivity contribution < 1.29 is 4.74 Å². The Morgan fingerprint density at radius 1 is 1.33 bits per heavy atom. The van der Waals surface area contributed by atoms with Crippen molar-refractivity contribution in [1.29, 1.82) is 0 Å². The van der Waals surface area contributed by atoms with Crippen LogP contribution < -0.4 is 10.3 Å². The molecule has 94 valence electrons. The standard InChI is InChI=1S/C15H17NO2/c1-11(2)6-5-9-18-14-10-15(17)16-13-8-4-3-7-12(13)14/h3-4,6-8,10H,5,9H2,1-2H3,(H,16,17). The van der Waals surface area contributed by atoms with Crippen LogP contribution in [0.25, 0.3) is 10.9 Å². The summed E-state index contributed by atoms with van der Waals surface area (Å²) in [6, 6.07) is 9.15. The number of benzene rings is 1. The monoisotopic (exact) mass is 243 g/mol. The van der Waals surface area contributed by atoms with Crippen LogP contribution in [-0.2, 0) is 0 Å². The maximum absolute atomic E-state index is 11.5. The zero-order valence-corrected chi connectivity index (χ0v) is 10.7. The number of pyridine rings is 1. The molecular formula is C15H17NO2. The lowest BCUT2D eigenvalue weighted by Crippen LogP contribution is -2.06. The lowest BCUT2D eigenvalue weighted by molar-refractivity contribution is 0.328. The van der Waals surface area contributed by atoms with E-state index in [0.29, 0.717) is 12.4 Å². The quantitative estimate of drug-likeness (QED) is 0.661. The van der Waals surface area contributed by atoms with Crippen molar-refractivity contribution in [2.75, 3.05) is 6.61 Å². The molecule has 0 bridgehead atoms. The molecule has 0 aliphatic carbocycles. The summed E-state index contributed by atoms with van der Waals surface area (Å²) in [6.45, 7) is 4.70. The molecule has 1 heterocycles. The number of rotatable bonds is 4. The molecule has 0 aliphatic heterocycles. The van der Waals surface area contributed by atoms with E-state index in [1.165, 1.54) is 11.6 Å². The van der Waals surface area contributed by atoms with Crippen molar-refractivity contribution in [3.05, 3.63) is 52.3 Å². The van der Waals surface area contributed by atoms with Gasteiger partial charge in [-0.05, 0) is 32.4 Å². The van der Waals surface area contributed by atoms with E-state index in [1.807, 2.05) is 24.3 Å². The minimum Gasteiger partial charge on any atom is -0.492 e. The number of hydrogen-bond donors (Lipinski definition) is 1. The third kappa shape index (κ3) is 3.00. The van der Waals surface area contributed by atoms with E-state index in [9.17, 15) is 4.79 Å². The molecular weight excluding hydrogens is 226 g/mol. The van der Waals surface area contributed by atoms with Gasteiger partial charge in [0.15, 0.2) is 0 Å². The number of para-hydroxylation sites is 1. The second-order valence-electron chi connectivity index (χ2n) is 4.46. The Morgan fingerprint density at radius 2 is 2.11 bits per heavy atom. The molecule has 2 aromatic rings. The van der Waals surface area contributed by atoms with E-state index in [0.717, 1.165) is 17.3 Å². The van der Waals surface area contributed by atoms with Crippen molar-refractivity contribution >= 4 is 10.9 Å². The van der Waals surface area contributed by atoms with Crippen LogP contribution in [0.4, 0.5) is 0 Å². The highest BCUT2D eigenvalue weighted by molar-refractivity contribution is 5.84. The molecule has 0 fully saturated rings. The average Bonchev–Trinajstić information content (AvgIpc) is 2.34. The van der Waals surface area contributed by atoms with Crippen LogP contribution in [0, 0.1) is 0 Å². The van der Waals surface area contributed by atoms with Gasteiger partial charge in [-0.2, -0.15) is 0 Å². The Kier molecular flexibility index (Phi) is 3.82. The first kappa shape index (κ1) is 12.4. The molecule has 0 amide bonds. The molecule has 3 heteroatoms. The molecule has 1 aromatic carbocycles. The van der Waals surface area contributed by atoms with E-state index in [-0.39, 0.29) is 5.56 Å². The van der Waals surface area contributed by atoms with Crippen LogP contribution in [0.2, 0.25) is 0 Å². The minimum atomic E-state index is -0.133. The van der Waals surface area contributed by atoms with E-state index < -0.39 is 0 Å². The number of fused-ring (bicyclic) bond motifs is 1. The number of ether oxygens (including phenoxy) is 1. The number of aromatic nitrogens is 1. The number of allylic oxidation sites excluding steroid dienone is 1. The number of H-pyrrole nitrogens is 1. The van der Waals surface area contributed by atoms with Gasteiger partial charge in [0.05, 0.1) is 12.1 Å². The molecule has 3 nitrogen and oxygen atoms in total. The minimum absolute atomic E-state index is 0.133. The Morgan fingerprint density at radius 3 is 2.89 bits per heavy atom. The topological polar surface area (TPSA) is 42.1 Å². The second kappa shape index (κ2) is 5.54. The van der Waals surface area contributed by atoms with Crippen LogP contribution in [0.3, 0.4) is 0 Å². The zero-order chi connectivity index (χ0) is 13.0. The molecule has 1 N–H and O–H groups in total. The fourth-order valence-corrected chi connectivity index (χ4v) is 1.81. The molecule has 0 unspecified atom stereocenters. The van der Waals surface area contributed by atoms with E-state index >= 15 is 0 Å². The molecule has 0 spiro atoms. The van der Waals surface area contributed by atoms with Gasteiger partial charge in [0, 0.05) is 11.5 Å². The number of hydrogen-bond acceptors (Lipinski definition) is 2. The third-order valence-corrected chi connectivity index (χ3v) is 2.64. The predicted octanol–water partition coefficient (Wildman–Crippen LogP) is 3.26. The smallest absolute Gasteiger partial charge is 0.252 e. The van der Waals surface area contributed by atoms with Gasteiger partial charge in [-0.15, -0.1) is 0 Å². The van der Waals surface area contributed by atoms with E-state index in [1.54, 1.807) is 0 Å². The van der Waals surface area contributed by atoms with E-state index in [2.05, 4.69) is 24.9 Å². The summed E-state index contributed by atoms with van der Waals surface area (Å²) in [7, 11) is 0. The Balaban J connectivity index is 2.22. The van der Waals surface area contributed by atoms with Gasteiger partial charge in [-0.1, -0.05) is 23.8 Å². The van der Waals surface area contributed by atoms with Crippen LogP contribution >= 0.6 is 0 Å². The second-order valence-corrected chi connectivity index (χ2v) is 4.46. The summed E-state index contributed by atoms with van der Waals surface area (Å²) in [6.07, 6.45) is 2.97. The van der Waals surface area contributed by atoms with Gasteiger partial charge in [0.1, 0.15) is 5.75 Å². The molecule has 2 rings (SSSR count). The largest absolute Gasteiger partial charge is 0.492 e. The molecule has 0 saturated heterocycles. The lowest BCUT2D eigenvalue weighted by Gasteiger charge is -2.07. The first-order chi connectivity index (χ1) is 8.66. The first-order valence-electron chi connectivity index (χ1n) is 6.05. The predicted molar refractivity (Wildman–Crippen MR) is 74.1 cm³/mol. The lowest BCUT2D eigenvalue weighted by atomic mass is 10.2. The highest BCUT2D eigenvalue weighted by atomic mass is 16.5. The Labute approximate surface area is 106 Å². The van der Waals surface area contributed by atoms with Crippen molar-refractivity contribution in [1.82, 2.24) is 4.98 Å². The summed E-state index contributed by atoms with van der Waals surface area (Å²) >= 11 is 0. The first-order valence-corrected chi connectivity index (χ1v) is 6.05. The number of aromatic amines is 1. The Bertz CT molecular complexity index is 622. The molecule has 0 aliphatic rings. The van der Waals surface area contributed by atoms with Gasteiger partial charge < -0.3 is 9.72 Å². The highest BCUT2D eigenvalue weighted by Crippen LogP contribution is 2.21. The molecule has 18 heavy (non-hydrogen) atoms. The van der Waals surface area contributed by atoms with Crippen LogP contribution in [-0.4, -0.2) is 11.6 Å². The fourth-order valence-electron chi connectivity index (χ4n) is 1.81. The zero-order valence-electron chi connectivity index (χ0n) is 10.7. The van der Waals surface area contributed by atoms with Gasteiger partial charge in [0.25, 0.3) is 5.56 Å². The van der Waals surface area contributed by atoms with Crippen molar-refractivity contribution in [3.63, 3.8) is 0 Å². The Hall–Kier alpha value is -2.03. The van der Waals surface area contributed by atoms with E-state index in [4.69, 9.17) is 4.74 Å². The molecule has 1 aromatic heterocycles. The molecule has 0 atom stereocenters. The van der Waals surface area contributed by atoms with Gasteiger partial charge in [-0.25, -0.2) is 0 Å². The summed E-state index contributed by atoms with van der Waals surface area (Å²) < 4.78 is 5.69. The fraction of sp³-hybridized carbons (Fsp3) is 0.267. The number of nitrogens with one attached hydrogen (secondary N) is 1. The SMILES string of the molecule is CC(C)=CCCOc1cc(=O)[nH]c2ccccc12. The normalized spacial score (nSPS) is 10.3. The summed E-state index contributed by atoms with van der Waals surface area (Å²) in [5.41, 5.74) is 1.95. The van der Waals surface area contributed by atoms with Crippen molar-refractivity contribution in [2.45, 2.75) is 20.3 Å². The summed E-state index contributed by atoms with van der Waals surface area (Å²) in [5.74, 6) is 0.650. The van der Waals surface area contributed by atoms with Crippen molar-refractivity contribution in [2.24, 2.45) is 0 Å². The summed E-state index contributed by atoms with van der Waals surface area (Å²) in [5, 5.41) is 0.939. The maximum atomic E-state index is 11.5.